The molecule has 27 heavy (non-hydrogen) atoms. The van der Waals surface area contributed by atoms with E-state index >= 15 is 0 Å². The summed E-state index contributed by atoms with van der Waals surface area (Å²) in [6.45, 7) is 3.45. The lowest BCUT2D eigenvalue weighted by Gasteiger charge is -2.26. The van der Waals surface area contributed by atoms with Crippen LogP contribution >= 0.6 is 0 Å². The summed E-state index contributed by atoms with van der Waals surface area (Å²) in [7, 11) is 0. The molecule has 1 aromatic heterocycles. The Balaban J connectivity index is 1.62. The summed E-state index contributed by atoms with van der Waals surface area (Å²) in [5.74, 6) is 0.113. The molecule has 1 saturated heterocycles. The van der Waals surface area contributed by atoms with Gasteiger partial charge in [-0.15, -0.1) is 0 Å². The van der Waals surface area contributed by atoms with Gasteiger partial charge in [-0.2, -0.15) is 0 Å². The molecule has 1 saturated carbocycles. The highest BCUT2D eigenvalue weighted by Gasteiger charge is 2.26. The number of imidazole rings is 1. The van der Waals surface area contributed by atoms with Gasteiger partial charge in [0.1, 0.15) is 12.1 Å². The van der Waals surface area contributed by atoms with Crippen molar-refractivity contribution in [2.24, 2.45) is 0 Å². The predicted octanol–water partition coefficient (Wildman–Crippen LogP) is 2.28. The van der Waals surface area contributed by atoms with Gasteiger partial charge in [0.25, 0.3) is 11.8 Å². The van der Waals surface area contributed by atoms with Crippen molar-refractivity contribution in [3.8, 4) is 5.69 Å². The Hall–Kier alpha value is -2.83. The van der Waals surface area contributed by atoms with Gasteiger partial charge in [0.2, 0.25) is 0 Å². The monoisotopic (exact) mass is 367 g/mol. The van der Waals surface area contributed by atoms with Crippen LogP contribution in [0.25, 0.3) is 5.69 Å². The maximum atomic E-state index is 12.8. The van der Waals surface area contributed by atoms with E-state index in [0.29, 0.717) is 17.4 Å². The number of hydrogen-bond donors (Lipinski definition) is 2. The number of aromatic nitrogens is 2. The third kappa shape index (κ3) is 3.54. The first-order valence-electron chi connectivity index (χ1n) is 9.58. The predicted molar refractivity (Wildman–Crippen MR) is 103 cm³/mol. The van der Waals surface area contributed by atoms with Gasteiger partial charge in [-0.3, -0.25) is 14.2 Å². The third-order valence-corrected chi connectivity index (χ3v) is 5.29. The van der Waals surface area contributed by atoms with Crippen molar-refractivity contribution in [3.05, 3.63) is 41.3 Å². The van der Waals surface area contributed by atoms with Crippen molar-refractivity contribution >= 4 is 17.6 Å². The minimum atomic E-state index is -0.119. The van der Waals surface area contributed by atoms with Gasteiger partial charge in [-0.05, 0) is 56.7 Å². The van der Waals surface area contributed by atoms with Crippen LogP contribution in [0.5, 0.6) is 0 Å². The van der Waals surface area contributed by atoms with Gasteiger partial charge in [-0.1, -0.05) is 6.07 Å². The Bertz CT molecular complexity index is 878. The number of likely N-dealkylation sites (tertiary alicyclic amines) is 1. The molecule has 1 aliphatic heterocycles. The summed E-state index contributed by atoms with van der Waals surface area (Å²) in [6, 6.07) is 5.81. The Morgan fingerprint density at radius 1 is 1.19 bits per heavy atom. The van der Waals surface area contributed by atoms with Crippen molar-refractivity contribution < 1.29 is 9.59 Å². The number of aryl methyl sites for hydroxylation is 1. The smallest absolute Gasteiger partial charge is 0.276 e. The number of nitrogen functional groups attached to an aromatic ring is 1. The highest BCUT2D eigenvalue weighted by atomic mass is 16.2. The van der Waals surface area contributed by atoms with Crippen molar-refractivity contribution in [1.29, 1.82) is 0 Å². The second-order valence-corrected chi connectivity index (χ2v) is 7.45. The topological polar surface area (TPSA) is 93.2 Å². The van der Waals surface area contributed by atoms with Crippen LogP contribution in [0.4, 0.5) is 5.82 Å². The molecule has 2 amide bonds. The van der Waals surface area contributed by atoms with Crippen LogP contribution in [-0.2, 0) is 0 Å². The first-order chi connectivity index (χ1) is 13.0. The van der Waals surface area contributed by atoms with Crippen molar-refractivity contribution in [2.45, 2.75) is 45.1 Å². The molecule has 0 atom stereocenters. The lowest BCUT2D eigenvalue weighted by molar-refractivity contribution is 0.0720. The number of nitrogens with one attached hydrogen (secondary N) is 1. The summed E-state index contributed by atoms with van der Waals surface area (Å²) in [4.78, 5) is 31.2. The van der Waals surface area contributed by atoms with E-state index in [1.54, 1.807) is 17.0 Å². The maximum absolute atomic E-state index is 12.8. The highest BCUT2D eigenvalue weighted by Crippen LogP contribution is 2.24. The Morgan fingerprint density at radius 2 is 1.93 bits per heavy atom. The fraction of sp³-hybridized carbons (Fsp3) is 0.450. The number of anilines is 1. The molecule has 0 bridgehead atoms. The largest absolute Gasteiger partial charge is 0.383 e. The van der Waals surface area contributed by atoms with E-state index in [1.165, 1.54) is 0 Å². The first kappa shape index (κ1) is 17.6. The second-order valence-electron chi connectivity index (χ2n) is 7.45. The average molecular weight is 367 g/mol. The summed E-state index contributed by atoms with van der Waals surface area (Å²) < 4.78 is 1.69. The lowest BCUT2D eigenvalue weighted by Crippen LogP contribution is -2.36. The molecule has 7 nitrogen and oxygen atoms in total. The molecular weight excluding hydrogens is 342 g/mol. The van der Waals surface area contributed by atoms with Gasteiger partial charge in [-0.25, -0.2) is 4.98 Å². The molecule has 2 fully saturated rings. The zero-order valence-corrected chi connectivity index (χ0v) is 15.6. The molecule has 1 aromatic carbocycles. The molecule has 142 valence electrons. The molecule has 0 spiro atoms. The SMILES string of the molecule is Cc1ccc(C(=O)NC2CC2)cc1-n1cnc(C(=O)N2CCCCC2)c1N. The summed E-state index contributed by atoms with van der Waals surface area (Å²) in [5.41, 5.74) is 8.87. The molecule has 0 radical (unpaired) electrons. The Kier molecular flexibility index (Phi) is 4.59. The molecule has 2 heterocycles. The molecule has 1 aliphatic carbocycles. The summed E-state index contributed by atoms with van der Waals surface area (Å²) in [5, 5.41) is 2.99. The molecule has 3 N–H and O–H groups in total. The van der Waals surface area contributed by atoms with Crippen molar-refractivity contribution in [3.63, 3.8) is 0 Å². The zero-order chi connectivity index (χ0) is 19.0. The number of benzene rings is 1. The van der Waals surface area contributed by atoms with Crippen LogP contribution in [0.1, 0.15) is 58.5 Å². The van der Waals surface area contributed by atoms with Crippen LogP contribution in [0, 0.1) is 6.92 Å². The number of piperidine rings is 1. The first-order valence-corrected chi connectivity index (χ1v) is 9.58. The molecule has 2 aliphatic rings. The Morgan fingerprint density at radius 3 is 2.63 bits per heavy atom. The van der Waals surface area contributed by atoms with E-state index in [-0.39, 0.29) is 17.5 Å². The Labute approximate surface area is 158 Å². The zero-order valence-electron chi connectivity index (χ0n) is 15.6. The van der Waals surface area contributed by atoms with Crippen LogP contribution in [0.3, 0.4) is 0 Å². The van der Waals surface area contributed by atoms with E-state index in [9.17, 15) is 9.59 Å². The number of nitrogens with zero attached hydrogens (tertiary/aromatic N) is 3. The molecular formula is C20H25N5O2. The van der Waals surface area contributed by atoms with E-state index in [0.717, 1.165) is 56.4 Å². The third-order valence-electron chi connectivity index (χ3n) is 5.29. The average Bonchev–Trinajstić information content (AvgIpc) is 3.42. The standard InChI is InChI=1S/C20H25N5O2/c1-13-5-6-14(19(26)23-15-7-8-15)11-16(13)25-12-22-17(18(25)21)20(27)24-9-3-2-4-10-24/h5-6,11-12,15H,2-4,7-10,21H2,1H3,(H,23,26). The number of hydrogen-bond acceptors (Lipinski definition) is 4. The number of carbonyl (C=O) groups excluding carboxylic acids is 2. The maximum Gasteiger partial charge on any atom is 0.276 e. The van der Waals surface area contributed by atoms with Gasteiger partial charge >= 0.3 is 0 Å². The molecule has 2 aromatic rings. The van der Waals surface area contributed by atoms with E-state index < -0.39 is 0 Å². The van der Waals surface area contributed by atoms with E-state index in [4.69, 9.17) is 5.73 Å². The highest BCUT2D eigenvalue weighted by molar-refractivity contribution is 5.97. The van der Waals surface area contributed by atoms with Crippen molar-refractivity contribution in [1.82, 2.24) is 19.8 Å². The summed E-state index contributed by atoms with van der Waals surface area (Å²) >= 11 is 0. The van der Waals surface area contributed by atoms with Gasteiger partial charge in [0.15, 0.2) is 5.69 Å². The fourth-order valence-corrected chi connectivity index (χ4v) is 3.47. The van der Waals surface area contributed by atoms with Crippen LogP contribution in [-0.4, -0.2) is 45.4 Å². The van der Waals surface area contributed by atoms with Gasteiger partial charge < -0.3 is 16.0 Å². The van der Waals surface area contributed by atoms with Crippen LogP contribution in [0.2, 0.25) is 0 Å². The quantitative estimate of drug-likeness (QED) is 0.867. The lowest BCUT2D eigenvalue weighted by atomic mass is 10.1. The van der Waals surface area contributed by atoms with Crippen LogP contribution in [0.15, 0.2) is 24.5 Å². The summed E-state index contributed by atoms with van der Waals surface area (Å²) in [6.07, 6.45) is 6.84. The number of amides is 2. The van der Waals surface area contributed by atoms with Gasteiger partial charge in [0.05, 0.1) is 5.69 Å². The number of rotatable bonds is 4. The normalized spacial score (nSPS) is 17.0. The van der Waals surface area contributed by atoms with E-state index in [1.807, 2.05) is 24.0 Å². The van der Waals surface area contributed by atoms with Crippen molar-refractivity contribution in [2.75, 3.05) is 18.8 Å². The number of carbonyl (C=O) groups is 2. The molecule has 4 rings (SSSR count). The molecule has 7 heteroatoms. The van der Waals surface area contributed by atoms with Crippen LogP contribution < -0.4 is 11.1 Å². The minimum absolute atomic E-state index is 0.0814. The fourth-order valence-electron chi connectivity index (χ4n) is 3.47. The minimum Gasteiger partial charge on any atom is -0.383 e. The number of nitrogens with two attached hydrogens (primary N) is 1. The van der Waals surface area contributed by atoms with E-state index in [2.05, 4.69) is 10.3 Å². The van der Waals surface area contributed by atoms with Gasteiger partial charge in [0, 0.05) is 24.7 Å². The molecule has 0 unspecified atom stereocenters. The second kappa shape index (κ2) is 7.06.